The lowest BCUT2D eigenvalue weighted by Crippen LogP contribution is -2.44. The van der Waals surface area contributed by atoms with Crippen LogP contribution in [0.15, 0.2) is 70.4 Å². The van der Waals surface area contributed by atoms with Crippen LogP contribution in [0.5, 0.6) is 0 Å². The Morgan fingerprint density at radius 2 is 1.88 bits per heavy atom. The molecule has 0 saturated heterocycles. The molecule has 2 aromatic heterocycles. The van der Waals surface area contributed by atoms with Gasteiger partial charge in [-0.1, -0.05) is 36.7 Å². The monoisotopic (exact) mass is 479 g/mol. The molecule has 0 aliphatic rings. The first-order valence-corrected chi connectivity index (χ1v) is 10.9. The summed E-state index contributed by atoms with van der Waals surface area (Å²) in [7, 11) is 1.25. The number of anilines is 2. The van der Waals surface area contributed by atoms with Crippen LogP contribution in [-0.2, 0) is 22.6 Å². The zero-order valence-electron chi connectivity index (χ0n) is 18.6. The Balaban J connectivity index is 1.78. The van der Waals surface area contributed by atoms with Crippen molar-refractivity contribution in [2.45, 2.75) is 20.0 Å². The van der Waals surface area contributed by atoms with E-state index in [4.69, 9.17) is 16.3 Å². The molecule has 4 rings (SSSR count). The number of hydrogen-bond donors (Lipinski definition) is 1. The third kappa shape index (κ3) is 4.99. The first-order chi connectivity index (χ1) is 16.4. The molecular weight excluding hydrogens is 458 g/mol. The fourth-order valence-corrected chi connectivity index (χ4v) is 3.65. The van der Waals surface area contributed by atoms with Crippen LogP contribution in [0.25, 0.3) is 10.9 Å². The van der Waals surface area contributed by atoms with Gasteiger partial charge in [-0.05, 0) is 42.0 Å². The van der Waals surface area contributed by atoms with Crippen LogP contribution in [0.1, 0.15) is 12.5 Å². The minimum atomic E-state index is -0.766. The minimum Gasteiger partial charge on any atom is -0.469 e. The molecule has 1 N–H and O–H groups in total. The highest BCUT2D eigenvalue weighted by Crippen LogP contribution is 2.20. The van der Waals surface area contributed by atoms with Crippen LogP contribution in [-0.4, -0.2) is 32.2 Å². The van der Waals surface area contributed by atoms with E-state index in [0.717, 1.165) is 21.0 Å². The predicted octanol–water partition coefficient (Wildman–Crippen LogP) is 3.21. The third-order valence-electron chi connectivity index (χ3n) is 5.32. The van der Waals surface area contributed by atoms with Crippen LogP contribution in [0.2, 0.25) is 5.02 Å². The largest absolute Gasteiger partial charge is 0.469 e. The molecule has 0 bridgehead atoms. The fourth-order valence-electron chi connectivity index (χ4n) is 3.53. The van der Waals surface area contributed by atoms with E-state index >= 15 is 0 Å². The van der Waals surface area contributed by atoms with E-state index in [1.54, 1.807) is 43.5 Å². The second kappa shape index (κ2) is 9.88. The van der Waals surface area contributed by atoms with E-state index in [1.807, 2.05) is 24.3 Å². The van der Waals surface area contributed by atoms with Crippen molar-refractivity contribution in [1.82, 2.24) is 19.1 Å². The standard InChI is InChI=1S/C24H22ClN5O4/c1-15(21(31)34-2)13-30-23(32)28-22(27-19-9-10-20-17(12-19)4-3-11-26-20)29(24(30)33)14-16-5-7-18(25)8-6-16/h3-12,15H,13-14H2,1-2H3,(H,27,28,32)/t15-/m0/s1. The number of ether oxygens (including phenoxy) is 1. The number of rotatable bonds is 7. The Morgan fingerprint density at radius 3 is 2.62 bits per heavy atom. The Morgan fingerprint density at radius 1 is 1.12 bits per heavy atom. The number of fused-ring (bicyclic) bond motifs is 1. The lowest BCUT2D eigenvalue weighted by Gasteiger charge is -2.17. The molecule has 1 atom stereocenters. The number of aromatic nitrogens is 4. The number of halogens is 1. The minimum absolute atomic E-state index is 0.0789. The van der Waals surface area contributed by atoms with Crippen LogP contribution < -0.4 is 16.7 Å². The second-order valence-corrected chi connectivity index (χ2v) is 8.22. The van der Waals surface area contributed by atoms with Gasteiger partial charge in [0.15, 0.2) is 0 Å². The topological polar surface area (TPSA) is 108 Å². The highest BCUT2D eigenvalue weighted by Gasteiger charge is 2.20. The van der Waals surface area contributed by atoms with Crippen LogP contribution in [0.3, 0.4) is 0 Å². The highest BCUT2D eigenvalue weighted by atomic mass is 35.5. The van der Waals surface area contributed by atoms with Crippen molar-refractivity contribution >= 4 is 40.1 Å². The summed E-state index contributed by atoms with van der Waals surface area (Å²) in [6.45, 7) is 1.56. The number of esters is 1. The number of nitrogens with one attached hydrogen (secondary N) is 1. The van der Waals surface area contributed by atoms with Crippen molar-refractivity contribution in [3.63, 3.8) is 0 Å². The van der Waals surface area contributed by atoms with Gasteiger partial charge in [0.25, 0.3) is 0 Å². The fraction of sp³-hybridized carbons (Fsp3) is 0.208. The van der Waals surface area contributed by atoms with Gasteiger partial charge in [0.1, 0.15) is 0 Å². The summed E-state index contributed by atoms with van der Waals surface area (Å²) in [5.74, 6) is -1.15. The molecule has 174 valence electrons. The molecule has 2 heterocycles. The molecule has 0 saturated carbocycles. The molecule has 0 aliphatic carbocycles. The van der Waals surface area contributed by atoms with Gasteiger partial charge < -0.3 is 10.1 Å². The zero-order chi connectivity index (χ0) is 24.2. The molecule has 9 nitrogen and oxygen atoms in total. The first-order valence-electron chi connectivity index (χ1n) is 10.5. The molecule has 0 unspecified atom stereocenters. The number of pyridine rings is 1. The van der Waals surface area contributed by atoms with E-state index in [1.165, 1.54) is 11.7 Å². The number of hydrogen-bond acceptors (Lipinski definition) is 7. The molecular formula is C24H22ClN5O4. The van der Waals surface area contributed by atoms with Gasteiger partial charge in [0, 0.05) is 28.8 Å². The van der Waals surface area contributed by atoms with E-state index in [9.17, 15) is 14.4 Å². The van der Waals surface area contributed by atoms with Crippen molar-refractivity contribution in [3.8, 4) is 0 Å². The Bertz CT molecular complexity index is 1460. The Hall–Kier alpha value is -3.98. The van der Waals surface area contributed by atoms with Crippen molar-refractivity contribution in [3.05, 3.63) is 92.3 Å². The summed E-state index contributed by atoms with van der Waals surface area (Å²) in [5, 5.41) is 4.54. The molecule has 0 aliphatic heterocycles. The molecule has 0 amide bonds. The van der Waals surface area contributed by atoms with Gasteiger partial charge in [-0.2, -0.15) is 4.98 Å². The quantitative estimate of drug-likeness (QED) is 0.405. The summed E-state index contributed by atoms with van der Waals surface area (Å²) in [6.07, 6.45) is 1.70. The van der Waals surface area contributed by atoms with Crippen LogP contribution >= 0.6 is 11.6 Å². The van der Waals surface area contributed by atoms with E-state index in [0.29, 0.717) is 10.7 Å². The van der Waals surface area contributed by atoms with Gasteiger partial charge >= 0.3 is 17.3 Å². The van der Waals surface area contributed by atoms with Crippen LogP contribution in [0.4, 0.5) is 11.6 Å². The van der Waals surface area contributed by atoms with Crippen molar-refractivity contribution < 1.29 is 9.53 Å². The van der Waals surface area contributed by atoms with E-state index < -0.39 is 23.3 Å². The lowest BCUT2D eigenvalue weighted by atomic mass is 10.2. The average Bonchev–Trinajstić information content (AvgIpc) is 2.84. The normalized spacial score (nSPS) is 11.9. The van der Waals surface area contributed by atoms with E-state index in [-0.39, 0.29) is 19.0 Å². The number of carbonyl (C=O) groups is 1. The van der Waals surface area contributed by atoms with Gasteiger partial charge in [-0.3, -0.25) is 14.3 Å². The predicted molar refractivity (Wildman–Crippen MR) is 130 cm³/mol. The van der Waals surface area contributed by atoms with Gasteiger partial charge in [-0.25, -0.2) is 14.2 Å². The number of methoxy groups -OCH3 is 1. The number of carbonyl (C=O) groups excluding carboxylic acids is 1. The highest BCUT2D eigenvalue weighted by molar-refractivity contribution is 6.30. The Labute approximate surface area is 199 Å². The summed E-state index contributed by atoms with van der Waals surface area (Å²) >= 11 is 5.99. The molecule has 0 radical (unpaired) electrons. The summed E-state index contributed by atoms with van der Waals surface area (Å²) in [5.41, 5.74) is 0.864. The Kier molecular flexibility index (Phi) is 6.74. The molecule has 2 aromatic carbocycles. The first kappa shape index (κ1) is 23.2. The van der Waals surface area contributed by atoms with Gasteiger partial charge in [-0.15, -0.1) is 0 Å². The maximum atomic E-state index is 13.4. The third-order valence-corrected chi connectivity index (χ3v) is 5.57. The van der Waals surface area contributed by atoms with Gasteiger partial charge in [0.2, 0.25) is 5.95 Å². The maximum Gasteiger partial charge on any atom is 0.354 e. The lowest BCUT2D eigenvalue weighted by molar-refractivity contribution is -0.145. The molecule has 0 fully saturated rings. The molecule has 10 heteroatoms. The summed E-state index contributed by atoms with van der Waals surface area (Å²) in [4.78, 5) is 46.5. The summed E-state index contributed by atoms with van der Waals surface area (Å²) < 4.78 is 7.01. The molecule has 34 heavy (non-hydrogen) atoms. The van der Waals surface area contributed by atoms with Crippen LogP contribution in [0, 0.1) is 5.92 Å². The molecule has 0 spiro atoms. The number of nitrogens with zero attached hydrogens (tertiary/aromatic N) is 4. The maximum absolute atomic E-state index is 13.4. The zero-order valence-corrected chi connectivity index (χ0v) is 19.3. The van der Waals surface area contributed by atoms with E-state index in [2.05, 4.69) is 15.3 Å². The summed E-state index contributed by atoms with van der Waals surface area (Å²) in [6, 6.07) is 16.2. The molecule has 4 aromatic rings. The smallest absolute Gasteiger partial charge is 0.354 e. The van der Waals surface area contributed by atoms with Crippen molar-refractivity contribution in [1.29, 1.82) is 0 Å². The second-order valence-electron chi connectivity index (χ2n) is 7.78. The SMILES string of the molecule is COC(=O)[C@@H](C)Cn1c(=O)nc(Nc2ccc3ncccc3c2)n(Cc2ccc(Cl)cc2)c1=O. The average molecular weight is 480 g/mol. The van der Waals surface area contributed by atoms with Crippen molar-refractivity contribution in [2.75, 3.05) is 12.4 Å². The number of benzene rings is 2. The van der Waals surface area contributed by atoms with Gasteiger partial charge in [0.05, 0.1) is 25.1 Å². The van der Waals surface area contributed by atoms with Crippen molar-refractivity contribution in [2.24, 2.45) is 5.92 Å².